The summed E-state index contributed by atoms with van der Waals surface area (Å²) in [5.41, 5.74) is -3.47. The molecule has 0 bridgehead atoms. The Morgan fingerprint density at radius 3 is 1.91 bits per heavy atom. The van der Waals surface area contributed by atoms with E-state index in [1.54, 1.807) is 0 Å². The first-order chi connectivity index (χ1) is 10.8. The zero-order valence-corrected chi connectivity index (χ0v) is 12.3. The van der Waals surface area contributed by atoms with Gasteiger partial charge < -0.3 is 4.74 Å². The number of benzene rings is 2. The van der Waals surface area contributed by atoms with E-state index >= 15 is 0 Å². The first kappa shape index (κ1) is 17.0. The maximum Gasteiger partial charge on any atom is 0.462 e. The Bertz CT molecular complexity index is 793. The van der Waals surface area contributed by atoms with Crippen LogP contribution < -0.4 is 10.0 Å². The fourth-order valence-corrected chi connectivity index (χ4v) is 3.01. The average Bonchev–Trinajstić information content (AvgIpc) is 2.57. The fourth-order valence-electron chi connectivity index (χ4n) is 1.80. The van der Waals surface area contributed by atoms with Gasteiger partial charge in [0.15, 0.2) is 29.0 Å². The van der Waals surface area contributed by atoms with Gasteiger partial charge in [0.25, 0.3) is 0 Å². The highest BCUT2D eigenvalue weighted by Crippen LogP contribution is 2.34. The van der Waals surface area contributed by atoms with Crippen molar-refractivity contribution >= 4 is 18.6 Å². The Kier molecular flexibility index (Phi) is 4.75. The average molecular weight is 349 g/mol. The van der Waals surface area contributed by atoms with Crippen LogP contribution in [0.1, 0.15) is 10.4 Å². The molecular formula is C14H7F5O3P+. The normalized spacial score (nSPS) is 11.3. The number of halogens is 5. The highest BCUT2D eigenvalue weighted by atomic mass is 31.1. The minimum atomic E-state index is -3.16. The van der Waals surface area contributed by atoms with E-state index in [1.165, 1.54) is 31.4 Å². The lowest BCUT2D eigenvalue weighted by molar-refractivity contribution is 0.106. The van der Waals surface area contributed by atoms with Crippen LogP contribution in [0.25, 0.3) is 0 Å². The van der Waals surface area contributed by atoms with Crippen LogP contribution in [0.5, 0.6) is 5.75 Å². The summed E-state index contributed by atoms with van der Waals surface area (Å²) in [6.07, 6.45) is 0. The third kappa shape index (κ3) is 2.82. The fraction of sp³-hybridized carbons (Fsp3) is 0.0714. The van der Waals surface area contributed by atoms with Crippen LogP contribution in [0.3, 0.4) is 0 Å². The molecule has 2 aromatic rings. The van der Waals surface area contributed by atoms with Crippen molar-refractivity contribution in [1.29, 1.82) is 0 Å². The largest absolute Gasteiger partial charge is 0.492 e. The summed E-state index contributed by atoms with van der Waals surface area (Å²) in [4.78, 5) is 12.0. The molecule has 0 amide bonds. The van der Waals surface area contributed by atoms with Crippen molar-refractivity contribution in [1.82, 2.24) is 0 Å². The molecule has 1 atom stereocenters. The van der Waals surface area contributed by atoms with E-state index in [-0.39, 0.29) is 11.1 Å². The molecule has 0 N–H and O–H groups in total. The van der Waals surface area contributed by atoms with Gasteiger partial charge in [-0.2, -0.15) is 0 Å². The van der Waals surface area contributed by atoms with Crippen LogP contribution >= 0.6 is 7.80 Å². The van der Waals surface area contributed by atoms with Gasteiger partial charge in [-0.3, -0.25) is 0 Å². The Morgan fingerprint density at radius 2 is 1.39 bits per heavy atom. The minimum Gasteiger partial charge on any atom is -0.492 e. The van der Waals surface area contributed by atoms with Gasteiger partial charge in [-0.25, -0.2) is 26.7 Å². The molecule has 0 saturated heterocycles. The SMILES string of the molecule is COc1ccccc1[P+](=O)C(=O)c1c(F)c(F)c(F)c(F)c1F. The molecule has 3 nitrogen and oxygen atoms in total. The molecule has 2 aromatic carbocycles. The van der Waals surface area contributed by atoms with Crippen molar-refractivity contribution in [3.05, 3.63) is 58.9 Å². The summed E-state index contributed by atoms with van der Waals surface area (Å²) in [6, 6.07) is 5.36. The van der Waals surface area contributed by atoms with Gasteiger partial charge in [-0.1, -0.05) is 16.7 Å². The lowest BCUT2D eigenvalue weighted by Gasteiger charge is -2.03. The van der Waals surface area contributed by atoms with Gasteiger partial charge in [0.1, 0.15) is 5.56 Å². The van der Waals surface area contributed by atoms with E-state index < -0.39 is 48.0 Å². The zero-order chi connectivity index (χ0) is 17.3. The predicted octanol–water partition coefficient (Wildman–Crippen LogP) is 3.68. The second-order valence-electron chi connectivity index (χ2n) is 4.22. The van der Waals surface area contributed by atoms with Crippen LogP contribution in [-0.2, 0) is 4.57 Å². The van der Waals surface area contributed by atoms with E-state index in [4.69, 9.17) is 4.74 Å². The standard InChI is InChI=1S/C14H7F5O3P/c1-22-6-4-2-3-5-7(6)23(21)14(20)8-9(15)11(17)13(19)12(18)10(8)16/h2-5H,1H3/q+1. The second kappa shape index (κ2) is 6.42. The van der Waals surface area contributed by atoms with Gasteiger partial charge in [0.05, 0.1) is 7.11 Å². The summed E-state index contributed by atoms with van der Waals surface area (Å²) in [5, 5.41) is -0.223. The van der Waals surface area contributed by atoms with Gasteiger partial charge in [-0.15, -0.1) is 0 Å². The third-order valence-electron chi connectivity index (χ3n) is 2.91. The maximum atomic E-state index is 13.6. The summed E-state index contributed by atoms with van der Waals surface area (Å²) >= 11 is 0. The van der Waals surface area contributed by atoms with E-state index in [1.807, 2.05) is 0 Å². The van der Waals surface area contributed by atoms with Crippen LogP contribution in [0, 0.1) is 29.1 Å². The molecule has 0 heterocycles. The number of carbonyl (C=O) groups excluding carboxylic acids is 1. The number of methoxy groups -OCH3 is 1. The van der Waals surface area contributed by atoms with Gasteiger partial charge in [-0.05, 0) is 12.1 Å². The first-order valence-corrected chi connectivity index (χ1v) is 7.23. The highest BCUT2D eigenvalue weighted by molar-refractivity contribution is 7.71. The van der Waals surface area contributed by atoms with Crippen molar-refractivity contribution in [2.75, 3.05) is 7.11 Å². The molecular weight excluding hydrogens is 342 g/mol. The molecule has 0 saturated carbocycles. The number of rotatable bonds is 4. The summed E-state index contributed by atoms with van der Waals surface area (Å²) in [5.74, 6) is -11.6. The van der Waals surface area contributed by atoms with E-state index in [0.717, 1.165) is 0 Å². The monoisotopic (exact) mass is 349 g/mol. The molecule has 0 aliphatic carbocycles. The van der Waals surface area contributed by atoms with Crippen molar-refractivity contribution in [3.8, 4) is 5.75 Å². The number of hydrogen-bond donors (Lipinski definition) is 0. The summed E-state index contributed by atoms with van der Waals surface area (Å²) in [6.45, 7) is 0. The number of hydrogen-bond acceptors (Lipinski definition) is 3. The van der Waals surface area contributed by atoms with Gasteiger partial charge in [0.2, 0.25) is 11.1 Å². The van der Waals surface area contributed by atoms with E-state index in [2.05, 4.69) is 0 Å². The van der Waals surface area contributed by atoms with E-state index in [9.17, 15) is 31.3 Å². The first-order valence-electron chi connectivity index (χ1n) is 5.97. The Balaban J connectivity index is 2.60. The molecule has 0 fully saturated rings. The number of para-hydroxylation sites is 1. The molecule has 23 heavy (non-hydrogen) atoms. The Labute approximate surface area is 127 Å². The summed E-state index contributed by atoms with van der Waals surface area (Å²) in [7, 11) is -1.96. The molecule has 9 heteroatoms. The number of ether oxygens (including phenoxy) is 1. The van der Waals surface area contributed by atoms with Crippen LogP contribution in [0.4, 0.5) is 22.0 Å². The summed E-state index contributed by atoms with van der Waals surface area (Å²) < 4.78 is 83.5. The van der Waals surface area contributed by atoms with Crippen LogP contribution in [0.2, 0.25) is 0 Å². The van der Waals surface area contributed by atoms with Crippen LogP contribution in [0.15, 0.2) is 24.3 Å². The molecule has 120 valence electrons. The van der Waals surface area contributed by atoms with Crippen molar-refractivity contribution in [2.24, 2.45) is 0 Å². The Morgan fingerprint density at radius 1 is 0.913 bits per heavy atom. The topological polar surface area (TPSA) is 43.4 Å². The molecule has 2 rings (SSSR count). The van der Waals surface area contributed by atoms with Crippen molar-refractivity contribution < 1.29 is 36.0 Å². The quantitative estimate of drug-likeness (QED) is 0.366. The maximum absolute atomic E-state index is 13.6. The van der Waals surface area contributed by atoms with Crippen LogP contribution in [-0.4, -0.2) is 12.6 Å². The molecule has 0 aliphatic rings. The predicted molar refractivity (Wildman–Crippen MR) is 70.8 cm³/mol. The van der Waals surface area contributed by atoms with E-state index in [0.29, 0.717) is 0 Å². The molecule has 0 aliphatic heterocycles. The second-order valence-corrected chi connectivity index (χ2v) is 5.69. The molecule has 1 unspecified atom stereocenters. The van der Waals surface area contributed by atoms with Gasteiger partial charge >= 0.3 is 13.3 Å². The smallest absolute Gasteiger partial charge is 0.462 e. The zero-order valence-electron chi connectivity index (χ0n) is 11.4. The Hall–Kier alpha value is -2.34. The van der Waals surface area contributed by atoms with Crippen molar-refractivity contribution in [2.45, 2.75) is 0 Å². The number of carbonyl (C=O) groups is 1. The lowest BCUT2D eigenvalue weighted by atomic mass is 10.2. The van der Waals surface area contributed by atoms with Gasteiger partial charge in [0, 0.05) is 0 Å². The lowest BCUT2D eigenvalue weighted by Crippen LogP contribution is -2.14. The molecule has 0 spiro atoms. The molecule has 0 radical (unpaired) electrons. The third-order valence-corrected chi connectivity index (χ3v) is 4.31. The minimum absolute atomic E-state index is 0.0224. The van der Waals surface area contributed by atoms with Crippen molar-refractivity contribution in [3.63, 3.8) is 0 Å². The molecule has 0 aromatic heterocycles. The highest BCUT2D eigenvalue weighted by Gasteiger charge is 2.42.